The molecule has 0 amide bonds. The molecule has 0 rings (SSSR count). The first kappa shape index (κ1) is 13.4. The fourth-order valence-corrected chi connectivity index (χ4v) is 1.05. The molecule has 0 radical (unpaired) electrons. The third-order valence-electron chi connectivity index (χ3n) is 1.73. The summed E-state index contributed by atoms with van der Waals surface area (Å²) >= 11 is 0. The van der Waals surface area contributed by atoms with Crippen molar-refractivity contribution in [1.82, 2.24) is 0 Å². The predicted molar refractivity (Wildman–Crippen MR) is 52.8 cm³/mol. The van der Waals surface area contributed by atoms with Gasteiger partial charge in [0.1, 0.15) is 5.92 Å². The molecule has 0 aromatic rings. The summed E-state index contributed by atoms with van der Waals surface area (Å²) in [6.07, 6.45) is -0.496. The fourth-order valence-electron chi connectivity index (χ4n) is 1.05. The molecule has 0 aromatic heterocycles. The highest BCUT2D eigenvalue weighted by atomic mass is 16.7. The Kier molecular flexibility index (Phi) is 7.42. The van der Waals surface area contributed by atoms with E-state index in [2.05, 4.69) is 0 Å². The Morgan fingerprint density at radius 3 is 1.93 bits per heavy atom. The summed E-state index contributed by atoms with van der Waals surface area (Å²) in [6.45, 7) is 8.68. The van der Waals surface area contributed by atoms with E-state index in [9.17, 15) is 4.79 Å². The molecule has 14 heavy (non-hydrogen) atoms. The molecule has 0 aliphatic rings. The number of hydrogen-bond acceptors (Lipinski definition) is 4. The van der Waals surface area contributed by atoms with Crippen molar-refractivity contribution in [3.05, 3.63) is 0 Å². The number of hydrogen-bond donors (Lipinski definition) is 0. The van der Waals surface area contributed by atoms with Crippen LogP contribution in [0.3, 0.4) is 0 Å². The Bertz CT molecular complexity index is 152. The first-order valence-electron chi connectivity index (χ1n) is 5.07. The molecular weight excluding hydrogens is 184 g/mol. The quantitative estimate of drug-likeness (QED) is 0.466. The second-order valence-corrected chi connectivity index (χ2v) is 2.82. The van der Waals surface area contributed by atoms with Crippen molar-refractivity contribution in [3.8, 4) is 0 Å². The van der Waals surface area contributed by atoms with Crippen LogP contribution in [-0.4, -0.2) is 32.1 Å². The second kappa shape index (κ2) is 7.76. The maximum atomic E-state index is 11.4. The summed E-state index contributed by atoms with van der Waals surface area (Å²) in [5.41, 5.74) is 0. The van der Waals surface area contributed by atoms with E-state index in [1.165, 1.54) is 0 Å². The van der Waals surface area contributed by atoms with E-state index in [1.807, 2.05) is 13.8 Å². The highest BCUT2D eigenvalue weighted by Crippen LogP contribution is 2.11. The molecule has 0 saturated heterocycles. The smallest absolute Gasteiger partial charge is 0.313 e. The van der Waals surface area contributed by atoms with Crippen molar-refractivity contribution in [2.45, 2.75) is 34.0 Å². The van der Waals surface area contributed by atoms with Gasteiger partial charge >= 0.3 is 5.97 Å². The van der Waals surface area contributed by atoms with Gasteiger partial charge in [-0.1, -0.05) is 0 Å². The van der Waals surface area contributed by atoms with Crippen LogP contribution in [0.15, 0.2) is 0 Å². The molecule has 0 unspecified atom stereocenters. The standard InChI is InChI=1S/C10H20O4/c1-5-12-9(11)8(4)10(13-6-2)14-7-3/h8,10H,5-7H2,1-4H3/t8-/m1/s1. The summed E-state index contributed by atoms with van der Waals surface area (Å²) in [5, 5.41) is 0. The van der Waals surface area contributed by atoms with Gasteiger partial charge in [-0.05, 0) is 27.7 Å². The van der Waals surface area contributed by atoms with E-state index < -0.39 is 6.29 Å². The van der Waals surface area contributed by atoms with Crippen molar-refractivity contribution in [3.63, 3.8) is 0 Å². The number of carbonyl (C=O) groups excluding carboxylic acids is 1. The summed E-state index contributed by atoms with van der Waals surface area (Å²) in [4.78, 5) is 11.4. The molecule has 0 spiro atoms. The minimum absolute atomic E-state index is 0.278. The molecule has 4 nitrogen and oxygen atoms in total. The highest BCUT2D eigenvalue weighted by molar-refractivity contribution is 5.72. The lowest BCUT2D eigenvalue weighted by atomic mass is 10.2. The van der Waals surface area contributed by atoms with Crippen molar-refractivity contribution in [2.75, 3.05) is 19.8 Å². The maximum absolute atomic E-state index is 11.4. The van der Waals surface area contributed by atoms with Crippen LogP contribution in [0.1, 0.15) is 27.7 Å². The Hall–Kier alpha value is -0.610. The van der Waals surface area contributed by atoms with E-state index in [-0.39, 0.29) is 11.9 Å². The lowest BCUT2D eigenvalue weighted by molar-refractivity contribution is -0.186. The van der Waals surface area contributed by atoms with Crippen LogP contribution in [-0.2, 0) is 19.0 Å². The van der Waals surface area contributed by atoms with E-state index >= 15 is 0 Å². The van der Waals surface area contributed by atoms with E-state index in [0.717, 1.165) is 0 Å². The minimum Gasteiger partial charge on any atom is -0.466 e. The molecular formula is C10H20O4. The van der Waals surface area contributed by atoms with Gasteiger partial charge in [-0.3, -0.25) is 4.79 Å². The zero-order valence-corrected chi connectivity index (χ0v) is 9.41. The first-order valence-corrected chi connectivity index (χ1v) is 5.07. The van der Waals surface area contributed by atoms with Crippen LogP contribution >= 0.6 is 0 Å². The summed E-state index contributed by atoms with van der Waals surface area (Å²) in [7, 11) is 0. The lowest BCUT2D eigenvalue weighted by Gasteiger charge is -2.21. The minimum atomic E-state index is -0.496. The van der Waals surface area contributed by atoms with Crippen LogP contribution < -0.4 is 0 Å². The normalized spacial score (nSPS) is 12.9. The van der Waals surface area contributed by atoms with Gasteiger partial charge in [0, 0.05) is 13.2 Å². The van der Waals surface area contributed by atoms with Gasteiger partial charge in [0.15, 0.2) is 6.29 Å². The average Bonchev–Trinajstić information content (AvgIpc) is 2.17. The van der Waals surface area contributed by atoms with Gasteiger partial charge in [-0.25, -0.2) is 0 Å². The second-order valence-electron chi connectivity index (χ2n) is 2.82. The Morgan fingerprint density at radius 2 is 1.57 bits per heavy atom. The Morgan fingerprint density at radius 1 is 1.07 bits per heavy atom. The first-order chi connectivity index (χ1) is 6.67. The highest BCUT2D eigenvalue weighted by Gasteiger charge is 2.25. The monoisotopic (exact) mass is 204 g/mol. The molecule has 0 aromatic carbocycles. The van der Waals surface area contributed by atoms with Crippen LogP contribution in [0.2, 0.25) is 0 Å². The topological polar surface area (TPSA) is 44.8 Å². The molecule has 0 fully saturated rings. The number of esters is 1. The van der Waals surface area contributed by atoms with Crippen LogP contribution in [0.4, 0.5) is 0 Å². The molecule has 0 aliphatic heterocycles. The summed E-state index contributed by atoms with van der Waals surface area (Å²) in [5.74, 6) is -0.658. The van der Waals surface area contributed by atoms with Gasteiger partial charge in [0.25, 0.3) is 0 Å². The summed E-state index contributed by atoms with van der Waals surface area (Å²) in [6, 6.07) is 0. The molecule has 0 heterocycles. The van der Waals surface area contributed by atoms with E-state index in [0.29, 0.717) is 19.8 Å². The number of carbonyl (C=O) groups is 1. The Balaban J connectivity index is 4.11. The third-order valence-corrected chi connectivity index (χ3v) is 1.73. The predicted octanol–water partition coefficient (Wildman–Crippen LogP) is 1.58. The molecule has 1 atom stereocenters. The molecule has 84 valence electrons. The van der Waals surface area contributed by atoms with Gasteiger partial charge in [0.2, 0.25) is 0 Å². The van der Waals surface area contributed by atoms with Crippen molar-refractivity contribution in [1.29, 1.82) is 0 Å². The van der Waals surface area contributed by atoms with E-state index in [1.54, 1.807) is 13.8 Å². The van der Waals surface area contributed by atoms with Crippen LogP contribution in [0, 0.1) is 5.92 Å². The van der Waals surface area contributed by atoms with E-state index in [4.69, 9.17) is 14.2 Å². The maximum Gasteiger partial charge on any atom is 0.313 e. The van der Waals surface area contributed by atoms with Crippen molar-refractivity contribution in [2.24, 2.45) is 5.92 Å². The SMILES string of the molecule is CCOC(=O)[C@@H](C)C(OCC)OCC. The van der Waals surface area contributed by atoms with Gasteiger partial charge in [-0.15, -0.1) is 0 Å². The largest absolute Gasteiger partial charge is 0.466 e. The van der Waals surface area contributed by atoms with Crippen LogP contribution in [0.25, 0.3) is 0 Å². The van der Waals surface area contributed by atoms with Gasteiger partial charge in [-0.2, -0.15) is 0 Å². The average molecular weight is 204 g/mol. The van der Waals surface area contributed by atoms with Crippen molar-refractivity contribution < 1.29 is 19.0 Å². The number of ether oxygens (including phenoxy) is 3. The Labute approximate surface area is 85.5 Å². The van der Waals surface area contributed by atoms with Crippen LogP contribution in [0.5, 0.6) is 0 Å². The zero-order chi connectivity index (χ0) is 11.0. The zero-order valence-electron chi connectivity index (χ0n) is 9.41. The molecule has 0 aliphatic carbocycles. The number of rotatable bonds is 7. The molecule has 4 heteroatoms. The van der Waals surface area contributed by atoms with Gasteiger partial charge < -0.3 is 14.2 Å². The summed E-state index contributed by atoms with van der Waals surface area (Å²) < 4.78 is 15.5. The molecule has 0 saturated carbocycles. The fraction of sp³-hybridized carbons (Fsp3) is 0.900. The lowest BCUT2D eigenvalue weighted by Crippen LogP contribution is -2.32. The van der Waals surface area contributed by atoms with Crippen molar-refractivity contribution >= 4 is 5.97 Å². The van der Waals surface area contributed by atoms with Gasteiger partial charge in [0.05, 0.1) is 6.61 Å². The molecule has 0 N–H and O–H groups in total. The third kappa shape index (κ3) is 4.58. The molecule has 0 bridgehead atoms.